The Morgan fingerprint density at radius 2 is 1.79 bits per heavy atom. The molecule has 136 valence electrons. The van der Waals surface area contributed by atoms with Crippen LogP contribution in [0.2, 0.25) is 0 Å². The lowest BCUT2D eigenvalue weighted by molar-refractivity contribution is 0.0393. The minimum absolute atomic E-state index is 0.595. The molecule has 2 heterocycles. The van der Waals surface area contributed by atoms with Gasteiger partial charge < -0.3 is 20.3 Å². The average molecular weight is 335 g/mol. The number of morpholine rings is 1. The molecule has 1 aromatic rings. The van der Waals surface area contributed by atoms with Crippen molar-refractivity contribution < 1.29 is 4.74 Å². The van der Waals surface area contributed by atoms with Gasteiger partial charge >= 0.3 is 0 Å². The summed E-state index contributed by atoms with van der Waals surface area (Å²) in [6.45, 7) is 12.2. The number of aromatic nitrogens is 1. The standard InChI is InChI=1S/C18H33N5O/c1-4-6-23(7-5-2)16-14-17(19)20-18(15-16)21(3)8-9-22-10-12-24-13-11-22/h14-15H,4-13H2,1-3H3,(H2,19,20). The van der Waals surface area contributed by atoms with Crippen LogP contribution in [0.3, 0.4) is 0 Å². The number of rotatable bonds is 9. The van der Waals surface area contributed by atoms with Crippen LogP contribution in [-0.4, -0.2) is 69.4 Å². The quantitative estimate of drug-likeness (QED) is 0.745. The largest absolute Gasteiger partial charge is 0.384 e. The lowest BCUT2D eigenvalue weighted by Gasteiger charge is -2.30. The molecule has 24 heavy (non-hydrogen) atoms. The second-order valence-electron chi connectivity index (χ2n) is 6.47. The van der Waals surface area contributed by atoms with E-state index >= 15 is 0 Å². The first-order chi connectivity index (χ1) is 11.6. The van der Waals surface area contributed by atoms with Crippen molar-refractivity contribution >= 4 is 17.3 Å². The molecule has 0 amide bonds. The second-order valence-corrected chi connectivity index (χ2v) is 6.47. The first-order valence-corrected chi connectivity index (χ1v) is 9.17. The van der Waals surface area contributed by atoms with E-state index < -0.39 is 0 Å². The third kappa shape index (κ3) is 5.53. The van der Waals surface area contributed by atoms with Crippen molar-refractivity contribution in [1.29, 1.82) is 0 Å². The van der Waals surface area contributed by atoms with Crippen molar-refractivity contribution in [2.75, 3.05) is 75.1 Å². The van der Waals surface area contributed by atoms with E-state index in [2.05, 4.69) is 46.6 Å². The first-order valence-electron chi connectivity index (χ1n) is 9.17. The number of likely N-dealkylation sites (N-methyl/N-ethyl adjacent to an activating group) is 1. The van der Waals surface area contributed by atoms with Crippen LogP contribution < -0.4 is 15.5 Å². The third-order valence-electron chi connectivity index (χ3n) is 4.42. The zero-order chi connectivity index (χ0) is 17.4. The van der Waals surface area contributed by atoms with E-state index in [-0.39, 0.29) is 0 Å². The van der Waals surface area contributed by atoms with E-state index in [1.54, 1.807) is 0 Å². The maximum Gasteiger partial charge on any atom is 0.132 e. The van der Waals surface area contributed by atoms with Crippen LogP contribution in [0.1, 0.15) is 26.7 Å². The Balaban J connectivity index is 2.02. The monoisotopic (exact) mass is 335 g/mol. The fourth-order valence-corrected chi connectivity index (χ4v) is 3.04. The number of hydrogen-bond acceptors (Lipinski definition) is 6. The topological polar surface area (TPSA) is 57.9 Å². The van der Waals surface area contributed by atoms with Gasteiger partial charge in [-0.05, 0) is 12.8 Å². The van der Waals surface area contributed by atoms with Crippen LogP contribution in [0, 0.1) is 0 Å². The van der Waals surface area contributed by atoms with Crippen LogP contribution in [-0.2, 0) is 4.74 Å². The van der Waals surface area contributed by atoms with E-state index in [1.165, 1.54) is 5.69 Å². The Kier molecular flexibility index (Phi) is 7.59. The summed E-state index contributed by atoms with van der Waals surface area (Å²) in [7, 11) is 2.09. The highest BCUT2D eigenvalue weighted by molar-refractivity contribution is 5.61. The summed E-state index contributed by atoms with van der Waals surface area (Å²) in [5.41, 5.74) is 7.25. The smallest absolute Gasteiger partial charge is 0.132 e. The zero-order valence-electron chi connectivity index (χ0n) is 15.5. The molecule has 1 aliphatic rings. The lowest BCUT2D eigenvalue weighted by atomic mass is 10.2. The number of nitrogen functional groups attached to an aromatic ring is 1. The van der Waals surface area contributed by atoms with Crippen LogP contribution in [0.4, 0.5) is 17.3 Å². The number of nitrogens with zero attached hydrogens (tertiary/aromatic N) is 4. The van der Waals surface area contributed by atoms with Crippen LogP contribution in [0.15, 0.2) is 12.1 Å². The molecule has 0 bridgehead atoms. The summed E-state index contributed by atoms with van der Waals surface area (Å²) in [4.78, 5) is 11.6. The van der Waals surface area contributed by atoms with Gasteiger partial charge in [0.15, 0.2) is 0 Å². The Labute approximate surface area is 146 Å². The maximum absolute atomic E-state index is 6.07. The molecular weight excluding hydrogens is 302 g/mol. The molecule has 6 nitrogen and oxygen atoms in total. The van der Waals surface area contributed by atoms with Gasteiger partial charge in [0.2, 0.25) is 0 Å². The predicted octanol–water partition coefficient (Wildman–Crippen LogP) is 2.06. The number of nitrogens with two attached hydrogens (primary N) is 1. The Morgan fingerprint density at radius 3 is 2.42 bits per heavy atom. The van der Waals surface area contributed by atoms with Gasteiger partial charge in [-0.2, -0.15) is 0 Å². The predicted molar refractivity (Wildman–Crippen MR) is 102 cm³/mol. The number of hydrogen-bond donors (Lipinski definition) is 1. The third-order valence-corrected chi connectivity index (χ3v) is 4.42. The molecule has 1 aromatic heterocycles. The molecule has 0 saturated carbocycles. The van der Waals surface area contributed by atoms with Crippen molar-refractivity contribution in [1.82, 2.24) is 9.88 Å². The summed E-state index contributed by atoms with van der Waals surface area (Å²) in [5.74, 6) is 1.55. The van der Waals surface area contributed by atoms with Gasteiger partial charge in [-0.3, -0.25) is 4.90 Å². The molecule has 0 aliphatic carbocycles. The zero-order valence-corrected chi connectivity index (χ0v) is 15.5. The molecule has 1 aliphatic heterocycles. The van der Waals surface area contributed by atoms with E-state index in [4.69, 9.17) is 10.5 Å². The molecule has 1 saturated heterocycles. The minimum Gasteiger partial charge on any atom is -0.384 e. The highest BCUT2D eigenvalue weighted by Crippen LogP contribution is 2.23. The van der Waals surface area contributed by atoms with Gasteiger partial charge in [-0.15, -0.1) is 0 Å². The van der Waals surface area contributed by atoms with Gasteiger partial charge in [0, 0.05) is 64.1 Å². The molecule has 2 rings (SSSR count). The molecule has 2 N–H and O–H groups in total. The molecular formula is C18H33N5O. The van der Waals surface area contributed by atoms with E-state index in [0.717, 1.165) is 71.1 Å². The molecule has 0 aromatic carbocycles. The molecule has 0 spiro atoms. The first kappa shape index (κ1) is 18.8. The van der Waals surface area contributed by atoms with E-state index in [0.29, 0.717) is 5.82 Å². The average Bonchev–Trinajstić information content (AvgIpc) is 2.60. The number of ether oxygens (including phenoxy) is 1. The van der Waals surface area contributed by atoms with Gasteiger partial charge in [0.1, 0.15) is 11.6 Å². The summed E-state index contributed by atoms with van der Waals surface area (Å²) < 4.78 is 5.41. The van der Waals surface area contributed by atoms with Crippen molar-refractivity contribution in [2.45, 2.75) is 26.7 Å². The summed E-state index contributed by atoms with van der Waals surface area (Å²) in [6.07, 6.45) is 2.26. The van der Waals surface area contributed by atoms with Crippen molar-refractivity contribution in [3.8, 4) is 0 Å². The van der Waals surface area contributed by atoms with Gasteiger partial charge in [0.05, 0.1) is 13.2 Å². The van der Waals surface area contributed by atoms with Crippen LogP contribution in [0.25, 0.3) is 0 Å². The normalized spacial score (nSPS) is 15.5. The minimum atomic E-state index is 0.595. The molecule has 1 fully saturated rings. The van der Waals surface area contributed by atoms with Crippen molar-refractivity contribution in [2.24, 2.45) is 0 Å². The van der Waals surface area contributed by atoms with Gasteiger partial charge in [0.25, 0.3) is 0 Å². The van der Waals surface area contributed by atoms with Gasteiger partial charge in [-0.1, -0.05) is 13.8 Å². The van der Waals surface area contributed by atoms with Crippen molar-refractivity contribution in [3.63, 3.8) is 0 Å². The van der Waals surface area contributed by atoms with Gasteiger partial charge in [-0.25, -0.2) is 4.98 Å². The SMILES string of the molecule is CCCN(CCC)c1cc(N)nc(N(C)CCN2CCOCC2)c1. The maximum atomic E-state index is 6.07. The Morgan fingerprint density at radius 1 is 1.12 bits per heavy atom. The second kappa shape index (κ2) is 9.69. The molecule has 0 atom stereocenters. The highest BCUT2D eigenvalue weighted by atomic mass is 16.5. The molecule has 6 heteroatoms. The lowest BCUT2D eigenvalue weighted by Crippen LogP contribution is -2.40. The number of anilines is 3. The highest BCUT2D eigenvalue weighted by Gasteiger charge is 2.13. The number of pyridine rings is 1. The fraction of sp³-hybridized carbons (Fsp3) is 0.722. The van der Waals surface area contributed by atoms with E-state index in [9.17, 15) is 0 Å². The van der Waals surface area contributed by atoms with Crippen LogP contribution >= 0.6 is 0 Å². The Bertz CT molecular complexity index is 484. The summed E-state index contributed by atoms with van der Waals surface area (Å²) in [6, 6.07) is 4.16. The van der Waals surface area contributed by atoms with E-state index in [1.807, 2.05) is 6.07 Å². The molecule has 0 radical (unpaired) electrons. The van der Waals surface area contributed by atoms with Crippen LogP contribution in [0.5, 0.6) is 0 Å². The fourth-order valence-electron chi connectivity index (χ4n) is 3.04. The Hall–Kier alpha value is -1.53. The summed E-state index contributed by atoms with van der Waals surface area (Å²) >= 11 is 0. The molecule has 0 unspecified atom stereocenters. The summed E-state index contributed by atoms with van der Waals surface area (Å²) in [5, 5.41) is 0. The van der Waals surface area contributed by atoms with Crippen molar-refractivity contribution in [3.05, 3.63) is 12.1 Å².